The van der Waals surface area contributed by atoms with E-state index in [9.17, 15) is 0 Å². The van der Waals surface area contributed by atoms with Crippen molar-refractivity contribution in [3.8, 4) is 0 Å². The van der Waals surface area contributed by atoms with Gasteiger partial charge >= 0.3 is 0 Å². The SMILES string of the molecule is CC(C)C(N)c1cncn1CCC1CC1. The van der Waals surface area contributed by atoms with Gasteiger partial charge in [-0.1, -0.05) is 26.7 Å². The smallest absolute Gasteiger partial charge is 0.0948 e. The average Bonchev–Trinajstić information content (AvgIpc) is 2.92. The van der Waals surface area contributed by atoms with Crippen molar-refractivity contribution >= 4 is 0 Å². The zero-order valence-electron chi connectivity index (χ0n) is 9.69. The summed E-state index contributed by atoms with van der Waals surface area (Å²) in [6.07, 6.45) is 7.95. The molecular weight excluding hydrogens is 186 g/mol. The highest BCUT2D eigenvalue weighted by molar-refractivity contribution is 5.05. The van der Waals surface area contributed by atoms with Crippen LogP contribution in [0.3, 0.4) is 0 Å². The van der Waals surface area contributed by atoms with Gasteiger partial charge in [-0.15, -0.1) is 0 Å². The number of rotatable bonds is 5. The van der Waals surface area contributed by atoms with E-state index in [1.165, 1.54) is 25.0 Å². The first-order chi connectivity index (χ1) is 7.18. The summed E-state index contributed by atoms with van der Waals surface area (Å²) in [5, 5.41) is 0. The molecule has 1 aliphatic carbocycles. The topological polar surface area (TPSA) is 43.8 Å². The molecule has 3 nitrogen and oxygen atoms in total. The molecule has 3 heteroatoms. The van der Waals surface area contributed by atoms with Crippen molar-refractivity contribution in [2.75, 3.05) is 0 Å². The summed E-state index contributed by atoms with van der Waals surface area (Å²) in [6.45, 7) is 5.40. The molecule has 1 aromatic rings. The Morgan fingerprint density at radius 3 is 2.87 bits per heavy atom. The maximum atomic E-state index is 6.14. The second-order valence-corrected chi connectivity index (χ2v) is 5.01. The van der Waals surface area contributed by atoms with Crippen LogP contribution in [-0.4, -0.2) is 9.55 Å². The second-order valence-electron chi connectivity index (χ2n) is 5.01. The Morgan fingerprint density at radius 1 is 1.53 bits per heavy atom. The third-order valence-corrected chi connectivity index (χ3v) is 3.28. The minimum absolute atomic E-state index is 0.117. The average molecular weight is 207 g/mol. The standard InChI is InChI=1S/C12H21N3/c1-9(2)12(13)11-7-14-8-15(11)6-5-10-3-4-10/h7-10,12H,3-6,13H2,1-2H3. The Balaban J connectivity index is 1.99. The van der Waals surface area contributed by atoms with Gasteiger partial charge in [0, 0.05) is 18.8 Å². The molecule has 2 rings (SSSR count). The van der Waals surface area contributed by atoms with Gasteiger partial charge in [-0.05, 0) is 18.3 Å². The fraction of sp³-hybridized carbons (Fsp3) is 0.750. The minimum Gasteiger partial charge on any atom is -0.333 e. The molecule has 1 atom stereocenters. The molecule has 0 aliphatic heterocycles. The van der Waals surface area contributed by atoms with Crippen LogP contribution in [0.4, 0.5) is 0 Å². The van der Waals surface area contributed by atoms with Crippen molar-refractivity contribution in [1.82, 2.24) is 9.55 Å². The highest BCUT2D eigenvalue weighted by atomic mass is 15.1. The van der Waals surface area contributed by atoms with Gasteiger partial charge in [0.15, 0.2) is 0 Å². The van der Waals surface area contributed by atoms with Crippen molar-refractivity contribution in [2.45, 2.75) is 45.7 Å². The van der Waals surface area contributed by atoms with Crippen LogP contribution in [0.15, 0.2) is 12.5 Å². The maximum Gasteiger partial charge on any atom is 0.0948 e. The van der Waals surface area contributed by atoms with Crippen molar-refractivity contribution < 1.29 is 0 Å². The number of aromatic nitrogens is 2. The molecule has 0 aromatic carbocycles. The fourth-order valence-electron chi connectivity index (χ4n) is 1.87. The molecule has 1 aliphatic rings. The first-order valence-corrected chi connectivity index (χ1v) is 5.94. The summed E-state index contributed by atoms with van der Waals surface area (Å²) < 4.78 is 2.23. The van der Waals surface area contributed by atoms with E-state index in [1.54, 1.807) is 0 Å². The van der Waals surface area contributed by atoms with E-state index in [2.05, 4.69) is 23.4 Å². The lowest BCUT2D eigenvalue weighted by molar-refractivity contribution is 0.468. The van der Waals surface area contributed by atoms with Crippen LogP contribution in [0.5, 0.6) is 0 Å². The van der Waals surface area contributed by atoms with E-state index in [0.717, 1.165) is 12.5 Å². The van der Waals surface area contributed by atoms with Gasteiger partial charge in [0.25, 0.3) is 0 Å². The molecular formula is C12H21N3. The number of nitrogens with zero attached hydrogens (tertiary/aromatic N) is 2. The molecule has 1 saturated carbocycles. The maximum absolute atomic E-state index is 6.14. The number of hydrogen-bond donors (Lipinski definition) is 1. The van der Waals surface area contributed by atoms with Gasteiger partial charge in [-0.3, -0.25) is 0 Å². The van der Waals surface area contributed by atoms with Crippen molar-refractivity contribution in [3.05, 3.63) is 18.2 Å². The van der Waals surface area contributed by atoms with Crippen LogP contribution >= 0.6 is 0 Å². The van der Waals surface area contributed by atoms with Gasteiger partial charge in [-0.25, -0.2) is 4.98 Å². The molecule has 1 heterocycles. The van der Waals surface area contributed by atoms with Crippen molar-refractivity contribution in [3.63, 3.8) is 0 Å². The van der Waals surface area contributed by atoms with Crippen LogP contribution < -0.4 is 5.73 Å². The molecule has 0 spiro atoms. The van der Waals surface area contributed by atoms with Crippen LogP contribution in [0.1, 0.15) is 44.8 Å². The highest BCUT2D eigenvalue weighted by Gasteiger charge is 2.22. The third-order valence-electron chi connectivity index (χ3n) is 3.28. The summed E-state index contributed by atoms with van der Waals surface area (Å²) in [7, 11) is 0. The second kappa shape index (κ2) is 4.35. The van der Waals surface area contributed by atoms with E-state index in [1.807, 2.05) is 12.5 Å². The zero-order chi connectivity index (χ0) is 10.8. The number of hydrogen-bond acceptors (Lipinski definition) is 2. The zero-order valence-corrected chi connectivity index (χ0v) is 9.69. The number of aryl methyl sites for hydroxylation is 1. The first-order valence-electron chi connectivity index (χ1n) is 5.94. The molecule has 0 radical (unpaired) electrons. The van der Waals surface area contributed by atoms with E-state index in [-0.39, 0.29) is 6.04 Å². The van der Waals surface area contributed by atoms with Gasteiger partial charge in [-0.2, -0.15) is 0 Å². The summed E-state index contributed by atoms with van der Waals surface area (Å²) in [5.74, 6) is 1.44. The van der Waals surface area contributed by atoms with E-state index < -0.39 is 0 Å². The summed E-state index contributed by atoms with van der Waals surface area (Å²) in [5.41, 5.74) is 7.33. The Bertz CT molecular complexity index is 312. The Labute approximate surface area is 91.7 Å². The minimum atomic E-state index is 0.117. The number of imidazole rings is 1. The highest BCUT2D eigenvalue weighted by Crippen LogP contribution is 2.33. The fourth-order valence-corrected chi connectivity index (χ4v) is 1.87. The van der Waals surface area contributed by atoms with Gasteiger partial charge in [0.2, 0.25) is 0 Å². The van der Waals surface area contributed by atoms with E-state index >= 15 is 0 Å². The lowest BCUT2D eigenvalue weighted by Crippen LogP contribution is -2.20. The number of nitrogens with two attached hydrogens (primary N) is 1. The lowest BCUT2D eigenvalue weighted by atomic mass is 10.0. The lowest BCUT2D eigenvalue weighted by Gasteiger charge is -2.17. The quantitative estimate of drug-likeness (QED) is 0.805. The van der Waals surface area contributed by atoms with Crippen molar-refractivity contribution in [1.29, 1.82) is 0 Å². The first kappa shape index (κ1) is 10.7. The van der Waals surface area contributed by atoms with Crippen LogP contribution in [0.25, 0.3) is 0 Å². The molecule has 2 N–H and O–H groups in total. The summed E-state index contributed by atoms with van der Waals surface area (Å²) in [6, 6.07) is 0.117. The molecule has 1 aromatic heterocycles. The van der Waals surface area contributed by atoms with Gasteiger partial charge in [0.1, 0.15) is 0 Å². The van der Waals surface area contributed by atoms with Gasteiger partial charge < -0.3 is 10.3 Å². The van der Waals surface area contributed by atoms with Crippen LogP contribution in [-0.2, 0) is 6.54 Å². The van der Waals surface area contributed by atoms with Gasteiger partial charge in [0.05, 0.1) is 12.0 Å². The predicted octanol–water partition coefficient (Wildman–Crippen LogP) is 2.34. The summed E-state index contributed by atoms with van der Waals surface area (Å²) in [4.78, 5) is 4.21. The molecule has 1 fully saturated rings. The van der Waals surface area contributed by atoms with Crippen molar-refractivity contribution in [2.24, 2.45) is 17.6 Å². The summed E-state index contributed by atoms with van der Waals surface area (Å²) >= 11 is 0. The molecule has 0 bridgehead atoms. The monoisotopic (exact) mass is 207 g/mol. The van der Waals surface area contributed by atoms with E-state index in [0.29, 0.717) is 5.92 Å². The Kier molecular flexibility index (Phi) is 3.10. The molecule has 84 valence electrons. The van der Waals surface area contributed by atoms with Crippen LogP contribution in [0.2, 0.25) is 0 Å². The third kappa shape index (κ3) is 2.59. The Hall–Kier alpha value is -0.830. The molecule has 0 amide bonds. The predicted molar refractivity (Wildman–Crippen MR) is 61.3 cm³/mol. The molecule has 0 saturated heterocycles. The van der Waals surface area contributed by atoms with E-state index in [4.69, 9.17) is 5.73 Å². The largest absolute Gasteiger partial charge is 0.333 e. The van der Waals surface area contributed by atoms with Crippen LogP contribution in [0, 0.1) is 11.8 Å². The normalized spacial score (nSPS) is 18.4. The molecule has 15 heavy (non-hydrogen) atoms. The molecule has 1 unspecified atom stereocenters. The Morgan fingerprint density at radius 2 is 2.27 bits per heavy atom.